The van der Waals surface area contributed by atoms with E-state index >= 15 is 0 Å². The molecule has 0 aliphatic heterocycles. The predicted octanol–water partition coefficient (Wildman–Crippen LogP) is 3.90. The van der Waals surface area contributed by atoms with E-state index in [1.807, 2.05) is 0 Å². The molecule has 0 saturated heterocycles. The molecule has 33 heavy (non-hydrogen) atoms. The van der Waals surface area contributed by atoms with E-state index in [0.29, 0.717) is 5.56 Å². The second kappa shape index (κ2) is 8.58. The summed E-state index contributed by atoms with van der Waals surface area (Å²) in [5.74, 6) is -5.45. The molecule has 0 aliphatic rings. The van der Waals surface area contributed by atoms with Gasteiger partial charge in [-0.3, -0.25) is 14.6 Å². The molecule has 4 aromatic rings. The number of carbonyl (C=O) groups is 2. The van der Waals surface area contributed by atoms with Crippen molar-refractivity contribution in [3.8, 4) is 28.1 Å². The van der Waals surface area contributed by atoms with Gasteiger partial charge in [-0.15, -0.1) is 0 Å². The van der Waals surface area contributed by atoms with Gasteiger partial charge in [0.2, 0.25) is 0 Å². The quantitative estimate of drug-likeness (QED) is 0.423. The number of carbonyl (C=O) groups excluding carboxylic acids is 1. The standard InChI is InChI=1S/C23H14F3N3O4/c24-13-4-1-11(2-5-13)14-8-17-21(20(22(14)32)23(33)28-10-19(30)31)29-18(9-27-17)12-3-6-15(25)16(26)7-12/h1-9,32H,10H2,(H,28,33)(H,30,31). The molecule has 1 heterocycles. The number of amides is 1. The van der Waals surface area contributed by atoms with Gasteiger partial charge >= 0.3 is 5.97 Å². The maximum absolute atomic E-state index is 13.7. The molecule has 10 heteroatoms. The van der Waals surface area contributed by atoms with E-state index in [-0.39, 0.29) is 33.4 Å². The summed E-state index contributed by atoms with van der Waals surface area (Å²) in [7, 11) is 0. The summed E-state index contributed by atoms with van der Waals surface area (Å²) >= 11 is 0. The van der Waals surface area contributed by atoms with E-state index < -0.39 is 41.6 Å². The number of phenolic OH excluding ortho intramolecular Hbond substituents is 1. The van der Waals surface area contributed by atoms with E-state index in [9.17, 15) is 27.9 Å². The summed E-state index contributed by atoms with van der Waals surface area (Å²) in [5, 5.41) is 22.0. The van der Waals surface area contributed by atoms with Gasteiger partial charge in [0.1, 0.15) is 29.2 Å². The third-order valence-corrected chi connectivity index (χ3v) is 4.81. The minimum absolute atomic E-state index is 0.0858. The Morgan fingerprint density at radius 1 is 0.939 bits per heavy atom. The van der Waals surface area contributed by atoms with Gasteiger partial charge in [0.15, 0.2) is 11.6 Å². The molecule has 3 aromatic carbocycles. The van der Waals surface area contributed by atoms with Crippen LogP contribution in [0.3, 0.4) is 0 Å². The molecule has 3 N–H and O–H groups in total. The van der Waals surface area contributed by atoms with Crippen molar-refractivity contribution >= 4 is 22.9 Å². The lowest BCUT2D eigenvalue weighted by atomic mass is 9.98. The summed E-state index contributed by atoms with van der Waals surface area (Å²) in [6, 6.07) is 9.62. The Morgan fingerprint density at radius 2 is 1.64 bits per heavy atom. The fourth-order valence-corrected chi connectivity index (χ4v) is 3.24. The third kappa shape index (κ3) is 4.31. The van der Waals surface area contributed by atoms with Crippen LogP contribution in [0.25, 0.3) is 33.4 Å². The van der Waals surface area contributed by atoms with Gasteiger partial charge in [-0.1, -0.05) is 12.1 Å². The lowest BCUT2D eigenvalue weighted by molar-refractivity contribution is -0.135. The largest absolute Gasteiger partial charge is 0.506 e. The summed E-state index contributed by atoms with van der Waals surface area (Å²) in [5.41, 5.74) is 0.449. The lowest BCUT2D eigenvalue weighted by Crippen LogP contribution is -2.29. The van der Waals surface area contributed by atoms with Gasteiger partial charge in [-0.2, -0.15) is 0 Å². The number of halogens is 3. The number of nitrogens with one attached hydrogen (secondary N) is 1. The van der Waals surface area contributed by atoms with Gasteiger partial charge in [0.25, 0.3) is 5.91 Å². The fraction of sp³-hybridized carbons (Fsp3) is 0.0435. The highest BCUT2D eigenvalue weighted by Gasteiger charge is 2.23. The van der Waals surface area contributed by atoms with Gasteiger partial charge < -0.3 is 15.5 Å². The van der Waals surface area contributed by atoms with Crippen LogP contribution in [-0.2, 0) is 4.79 Å². The minimum Gasteiger partial charge on any atom is -0.506 e. The molecule has 0 unspecified atom stereocenters. The SMILES string of the molecule is O=C(O)CNC(=O)c1c(O)c(-c2ccc(F)cc2)cc2ncc(-c3ccc(F)c(F)c3)nc12. The molecule has 0 atom stereocenters. The predicted molar refractivity (Wildman–Crippen MR) is 112 cm³/mol. The van der Waals surface area contributed by atoms with Gasteiger partial charge in [0, 0.05) is 11.1 Å². The van der Waals surface area contributed by atoms with Gasteiger partial charge in [-0.05, 0) is 42.0 Å². The Kier molecular flexibility index (Phi) is 5.65. The topological polar surface area (TPSA) is 112 Å². The molecule has 0 spiro atoms. The summed E-state index contributed by atoms with van der Waals surface area (Å²) in [6.45, 7) is -0.725. The average Bonchev–Trinajstić information content (AvgIpc) is 2.79. The maximum atomic E-state index is 13.7. The maximum Gasteiger partial charge on any atom is 0.322 e. The molecule has 166 valence electrons. The molecule has 0 fully saturated rings. The van der Waals surface area contributed by atoms with Crippen molar-refractivity contribution in [3.63, 3.8) is 0 Å². The third-order valence-electron chi connectivity index (χ3n) is 4.81. The Labute approximate surface area is 184 Å². The van der Waals surface area contributed by atoms with E-state index in [1.54, 1.807) is 0 Å². The number of carboxylic acid groups (broad SMARTS) is 1. The Balaban J connectivity index is 1.94. The number of fused-ring (bicyclic) bond motifs is 1. The number of nitrogens with zero attached hydrogens (tertiary/aromatic N) is 2. The van der Waals surface area contributed by atoms with E-state index in [2.05, 4.69) is 15.3 Å². The normalized spacial score (nSPS) is 10.9. The summed E-state index contributed by atoms with van der Waals surface area (Å²) in [4.78, 5) is 32.2. The summed E-state index contributed by atoms with van der Waals surface area (Å²) < 4.78 is 40.3. The molecule has 0 aliphatic carbocycles. The average molecular weight is 453 g/mol. The number of aromatic nitrogens is 2. The van der Waals surface area contributed by atoms with Crippen LogP contribution in [0, 0.1) is 17.5 Å². The number of phenols is 1. The number of benzene rings is 3. The highest BCUT2D eigenvalue weighted by Crippen LogP contribution is 2.37. The fourth-order valence-electron chi connectivity index (χ4n) is 3.24. The van der Waals surface area contributed by atoms with Crippen LogP contribution >= 0.6 is 0 Å². The van der Waals surface area contributed by atoms with Crippen LogP contribution in [0.5, 0.6) is 5.75 Å². The molecule has 4 rings (SSSR count). The van der Waals surface area contributed by atoms with Crippen LogP contribution in [0.1, 0.15) is 10.4 Å². The number of carboxylic acids is 1. The molecular weight excluding hydrogens is 439 g/mol. The Bertz CT molecular complexity index is 1410. The highest BCUT2D eigenvalue weighted by molar-refractivity contribution is 6.10. The van der Waals surface area contributed by atoms with Crippen LogP contribution in [0.15, 0.2) is 54.7 Å². The second-order valence-electron chi connectivity index (χ2n) is 6.98. The first-order valence-electron chi connectivity index (χ1n) is 9.48. The highest BCUT2D eigenvalue weighted by atomic mass is 19.2. The van der Waals surface area contributed by atoms with Crippen molar-refractivity contribution in [2.75, 3.05) is 6.54 Å². The Morgan fingerprint density at radius 3 is 2.30 bits per heavy atom. The van der Waals surface area contributed by atoms with Gasteiger partial charge in [-0.25, -0.2) is 18.2 Å². The van der Waals surface area contributed by atoms with Crippen molar-refractivity contribution in [3.05, 3.63) is 77.7 Å². The number of aromatic hydroxyl groups is 1. The molecule has 0 radical (unpaired) electrons. The van der Waals surface area contributed by atoms with Crippen LogP contribution in [-0.4, -0.2) is 38.6 Å². The first-order valence-corrected chi connectivity index (χ1v) is 9.48. The minimum atomic E-state index is -1.31. The number of rotatable bonds is 5. The number of aliphatic carboxylic acids is 1. The van der Waals surface area contributed by atoms with Crippen LogP contribution in [0.2, 0.25) is 0 Å². The number of hydrogen-bond acceptors (Lipinski definition) is 5. The monoisotopic (exact) mass is 453 g/mol. The molecule has 1 aromatic heterocycles. The molecule has 0 bridgehead atoms. The van der Waals surface area contributed by atoms with Crippen molar-refractivity contribution < 1.29 is 33.0 Å². The summed E-state index contributed by atoms with van der Waals surface area (Å²) in [6.07, 6.45) is 1.28. The zero-order valence-corrected chi connectivity index (χ0v) is 16.6. The van der Waals surface area contributed by atoms with E-state index in [4.69, 9.17) is 5.11 Å². The molecule has 7 nitrogen and oxygen atoms in total. The smallest absolute Gasteiger partial charge is 0.322 e. The zero-order chi connectivity index (χ0) is 23.7. The van der Waals surface area contributed by atoms with Crippen molar-refractivity contribution in [2.24, 2.45) is 0 Å². The van der Waals surface area contributed by atoms with Crippen LogP contribution in [0.4, 0.5) is 13.2 Å². The first kappa shape index (κ1) is 21.8. The van der Waals surface area contributed by atoms with Crippen molar-refractivity contribution in [2.45, 2.75) is 0 Å². The first-order chi connectivity index (χ1) is 15.7. The molecule has 0 saturated carbocycles. The lowest BCUT2D eigenvalue weighted by Gasteiger charge is -2.14. The van der Waals surface area contributed by atoms with Gasteiger partial charge in [0.05, 0.1) is 17.4 Å². The van der Waals surface area contributed by atoms with Crippen molar-refractivity contribution in [1.82, 2.24) is 15.3 Å². The Hall–Kier alpha value is -4.47. The molecular formula is C23H14F3N3O4. The zero-order valence-electron chi connectivity index (χ0n) is 16.6. The van der Waals surface area contributed by atoms with E-state index in [1.165, 1.54) is 42.6 Å². The second-order valence-corrected chi connectivity index (χ2v) is 6.98. The van der Waals surface area contributed by atoms with Crippen LogP contribution < -0.4 is 5.32 Å². The molecule has 1 amide bonds. The number of hydrogen-bond donors (Lipinski definition) is 3. The van der Waals surface area contributed by atoms with E-state index in [0.717, 1.165) is 12.1 Å². The van der Waals surface area contributed by atoms with Crippen molar-refractivity contribution in [1.29, 1.82) is 0 Å².